The minimum atomic E-state index is -0.656. The van der Waals surface area contributed by atoms with Crippen LogP contribution >= 0.6 is 11.9 Å². The van der Waals surface area contributed by atoms with Gasteiger partial charge in [-0.1, -0.05) is 11.9 Å². The van der Waals surface area contributed by atoms with Crippen molar-refractivity contribution in [3.63, 3.8) is 0 Å². The zero-order chi connectivity index (χ0) is 11.9. The van der Waals surface area contributed by atoms with Crippen molar-refractivity contribution in [3.05, 3.63) is 0 Å². The van der Waals surface area contributed by atoms with Crippen molar-refractivity contribution in [3.8, 4) is 0 Å². The van der Waals surface area contributed by atoms with Gasteiger partial charge in [-0.2, -0.15) is 0 Å². The van der Waals surface area contributed by atoms with Gasteiger partial charge in [-0.25, -0.2) is 4.31 Å². The molecule has 0 aromatic rings. The fraction of sp³-hybridized carbons (Fsp3) is 0.909. The number of nitrogens with zero attached hydrogens (tertiary/aromatic N) is 1. The first-order chi connectivity index (χ1) is 6.70. The van der Waals surface area contributed by atoms with Crippen LogP contribution in [-0.2, 0) is 4.79 Å². The molecule has 1 rings (SSSR count). The molecule has 0 aromatic heterocycles. The molecule has 0 aromatic carbocycles. The lowest BCUT2D eigenvalue weighted by Crippen LogP contribution is -2.58. The fourth-order valence-electron chi connectivity index (χ4n) is 2.93. The van der Waals surface area contributed by atoms with E-state index in [0.717, 1.165) is 12.8 Å². The van der Waals surface area contributed by atoms with E-state index in [4.69, 9.17) is 5.11 Å². The second kappa shape index (κ2) is 3.98. The highest BCUT2D eigenvalue weighted by atomic mass is 32.2. The lowest BCUT2D eigenvalue weighted by Gasteiger charge is -2.53. The average Bonchev–Trinajstić information content (AvgIpc) is 1.99. The van der Waals surface area contributed by atoms with Gasteiger partial charge < -0.3 is 5.11 Å². The van der Waals surface area contributed by atoms with E-state index in [-0.39, 0.29) is 17.0 Å². The highest BCUT2D eigenvalue weighted by Crippen LogP contribution is 2.44. The van der Waals surface area contributed by atoms with Crippen LogP contribution in [0.2, 0.25) is 0 Å². The average molecular weight is 231 g/mol. The number of piperidine rings is 1. The van der Waals surface area contributed by atoms with Crippen LogP contribution in [-0.4, -0.2) is 32.7 Å². The van der Waals surface area contributed by atoms with Crippen molar-refractivity contribution in [2.75, 3.05) is 6.26 Å². The van der Waals surface area contributed by atoms with E-state index in [1.165, 1.54) is 0 Å². The number of hydrogen-bond acceptors (Lipinski definition) is 3. The van der Waals surface area contributed by atoms with Crippen LogP contribution in [0.25, 0.3) is 0 Å². The number of carboxylic acid groups (broad SMARTS) is 1. The highest BCUT2D eigenvalue weighted by Gasteiger charge is 2.47. The summed E-state index contributed by atoms with van der Waals surface area (Å²) in [5.74, 6) is -0.865. The summed E-state index contributed by atoms with van der Waals surface area (Å²) in [6.07, 6.45) is 3.52. The number of rotatable bonds is 2. The van der Waals surface area contributed by atoms with E-state index in [1.54, 1.807) is 11.9 Å². The van der Waals surface area contributed by atoms with Gasteiger partial charge in [-0.15, -0.1) is 0 Å². The SMILES string of the molecule is CSN1C(C)(C)CC(C(=O)O)CC1(C)C. The Kier molecular flexibility index (Phi) is 3.41. The molecule has 1 heterocycles. The molecule has 0 bridgehead atoms. The van der Waals surface area contributed by atoms with E-state index >= 15 is 0 Å². The largest absolute Gasteiger partial charge is 0.481 e. The van der Waals surface area contributed by atoms with E-state index in [0.29, 0.717) is 0 Å². The Morgan fingerprint density at radius 1 is 1.27 bits per heavy atom. The van der Waals surface area contributed by atoms with Gasteiger partial charge in [0.2, 0.25) is 0 Å². The monoisotopic (exact) mass is 231 g/mol. The number of carbonyl (C=O) groups is 1. The molecule has 0 radical (unpaired) electrons. The smallest absolute Gasteiger partial charge is 0.306 e. The van der Waals surface area contributed by atoms with E-state index in [1.807, 2.05) is 0 Å². The number of aliphatic carboxylic acids is 1. The second-order valence-electron chi connectivity index (χ2n) is 5.55. The van der Waals surface area contributed by atoms with Crippen LogP contribution in [0, 0.1) is 5.92 Å². The summed E-state index contributed by atoms with van der Waals surface area (Å²) in [7, 11) is 0. The molecular weight excluding hydrogens is 210 g/mol. The highest BCUT2D eigenvalue weighted by molar-refractivity contribution is 7.96. The van der Waals surface area contributed by atoms with Crippen molar-refractivity contribution in [2.24, 2.45) is 5.92 Å². The molecule has 4 heteroatoms. The van der Waals surface area contributed by atoms with Gasteiger partial charge in [0.15, 0.2) is 0 Å². The van der Waals surface area contributed by atoms with Crippen LogP contribution in [0.3, 0.4) is 0 Å². The number of carboxylic acids is 1. The summed E-state index contributed by atoms with van der Waals surface area (Å²) in [5, 5.41) is 9.14. The summed E-state index contributed by atoms with van der Waals surface area (Å²) in [6.45, 7) is 8.50. The Labute approximate surface area is 96.4 Å². The van der Waals surface area contributed by atoms with Crippen LogP contribution in [0.5, 0.6) is 0 Å². The molecule has 1 aliphatic rings. The maximum atomic E-state index is 11.1. The minimum Gasteiger partial charge on any atom is -0.481 e. The summed E-state index contributed by atoms with van der Waals surface area (Å²) in [5.41, 5.74) is -0.103. The molecule has 0 spiro atoms. The first-order valence-corrected chi connectivity index (χ1v) is 6.46. The van der Waals surface area contributed by atoms with Gasteiger partial charge >= 0.3 is 5.97 Å². The van der Waals surface area contributed by atoms with Crippen molar-refractivity contribution in [1.29, 1.82) is 0 Å². The summed E-state index contributed by atoms with van der Waals surface area (Å²) < 4.78 is 2.33. The summed E-state index contributed by atoms with van der Waals surface area (Å²) in [4.78, 5) is 11.1. The zero-order valence-corrected chi connectivity index (χ0v) is 11.0. The molecule has 1 N–H and O–H groups in total. The quantitative estimate of drug-likeness (QED) is 0.742. The summed E-state index contributed by atoms with van der Waals surface area (Å²) in [6, 6.07) is 0. The van der Waals surface area contributed by atoms with Crippen molar-refractivity contribution >= 4 is 17.9 Å². The second-order valence-corrected chi connectivity index (χ2v) is 6.28. The standard InChI is InChI=1S/C11H21NO2S/c1-10(2)6-8(9(13)14)7-11(3,4)12(10)15-5/h8H,6-7H2,1-5H3,(H,13,14). The molecule has 0 atom stereocenters. The molecule has 1 saturated heterocycles. The first kappa shape index (κ1) is 12.8. The lowest BCUT2D eigenvalue weighted by molar-refractivity contribution is -0.146. The van der Waals surface area contributed by atoms with E-state index in [2.05, 4.69) is 38.3 Å². The van der Waals surface area contributed by atoms with Gasteiger partial charge in [0, 0.05) is 11.1 Å². The molecule has 0 saturated carbocycles. The van der Waals surface area contributed by atoms with Crippen LogP contribution in [0.4, 0.5) is 0 Å². The van der Waals surface area contributed by atoms with Gasteiger partial charge in [-0.3, -0.25) is 4.79 Å². The Morgan fingerprint density at radius 2 is 1.67 bits per heavy atom. The van der Waals surface area contributed by atoms with E-state index < -0.39 is 5.97 Å². The first-order valence-electron chi connectivity index (χ1n) is 5.28. The molecule has 0 amide bonds. The predicted molar refractivity (Wildman–Crippen MR) is 63.9 cm³/mol. The Balaban J connectivity index is 2.95. The maximum Gasteiger partial charge on any atom is 0.306 e. The van der Waals surface area contributed by atoms with Gasteiger partial charge in [-0.05, 0) is 46.8 Å². The van der Waals surface area contributed by atoms with Gasteiger partial charge in [0.25, 0.3) is 0 Å². The normalized spacial score (nSPS) is 26.5. The summed E-state index contributed by atoms with van der Waals surface area (Å²) >= 11 is 1.71. The maximum absolute atomic E-state index is 11.1. The Bertz CT molecular complexity index is 245. The van der Waals surface area contributed by atoms with Gasteiger partial charge in [0.1, 0.15) is 0 Å². The fourth-order valence-corrected chi connectivity index (χ4v) is 4.07. The number of hydrogen-bond donors (Lipinski definition) is 1. The lowest BCUT2D eigenvalue weighted by atomic mass is 9.76. The van der Waals surface area contributed by atoms with Crippen LogP contribution < -0.4 is 0 Å². The topological polar surface area (TPSA) is 40.5 Å². The zero-order valence-electron chi connectivity index (χ0n) is 10.2. The molecular formula is C11H21NO2S. The molecule has 1 aliphatic heterocycles. The van der Waals surface area contributed by atoms with Gasteiger partial charge in [0.05, 0.1) is 5.92 Å². The molecule has 3 nitrogen and oxygen atoms in total. The van der Waals surface area contributed by atoms with Crippen LogP contribution in [0.1, 0.15) is 40.5 Å². The third-order valence-electron chi connectivity index (χ3n) is 3.12. The molecule has 88 valence electrons. The predicted octanol–water partition coefficient (Wildman–Crippen LogP) is 2.62. The Hall–Kier alpha value is -0.220. The molecule has 15 heavy (non-hydrogen) atoms. The van der Waals surface area contributed by atoms with Crippen molar-refractivity contribution in [1.82, 2.24) is 4.31 Å². The molecule has 1 fully saturated rings. The third-order valence-corrected chi connectivity index (χ3v) is 4.48. The Morgan fingerprint density at radius 3 is 1.93 bits per heavy atom. The van der Waals surface area contributed by atoms with Crippen molar-refractivity contribution in [2.45, 2.75) is 51.6 Å². The third kappa shape index (κ3) is 2.48. The van der Waals surface area contributed by atoms with Crippen molar-refractivity contribution < 1.29 is 9.90 Å². The minimum absolute atomic E-state index is 0.0514. The molecule has 0 unspecified atom stereocenters. The van der Waals surface area contributed by atoms with E-state index in [9.17, 15) is 4.79 Å². The van der Waals surface area contributed by atoms with Crippen LogP contribution in [0.15, 0.2) is 0 Å². The molecule has 0 aliphatic carbocycles.